The molecule has 3 heteroatoms. The van der Waals surface area contributed by atoms with Crippen LogP contribution in [0.5, 0.6) is 0 Å². The Labute approximate surface area is 131 Å². The van der Waals surface area contributed by atoms with E-state index in [9.17, 15) is 4.39 Å². The zero-order valence-corrected chi connectivity index (χ0v) is 13.6. The zero-order valence-electron chi connectivity index (χ0n) is 12.8. The van der Waals surface area contributed by atoms with Crippen molar-refractivity contribution in [3.05, 3.63) is 65.0 Å². The summed E-state index contributed by atoms with van der Waals surface area (Å²) in [6.07, 6.45) is 0. The van der Waals surface area contributed by atoms with Gasteiger partial charge in [0.05, 0.1) is 0 Å². The highest BCUT2D eigenvalue weighted by atomic mass is 32.2. The molecule has 1 nitrogen and oxygen atoms in total. The second kappa shape index (κ2) is 7.62. The van der Waals surface area contributed by atoms with Crippen LogP contribution in [0.2, 0.25) is 0 Å². The Bertz CT molecular complexity index is 596. The fourth-order valence-corrected chi connectivity index (χ4v) is 3.02. The molecule has 0 spiro atoms. The molecule has 2 aromatic rings. The van der Waals surface area contributed by atoms with Crippen LogP contribution in [0.25, 0.3) is 0 Å². The molecular weight excluding hydrogens is 281 g/mol. The fourth-order valence-electron chi connectivity index (χ4n) is 2.02. The van der Waals surface area contributed by atoms with Gasteiger partial charge in [-0.05, 0) is 35.7 Å². The summed E-state index contributed by atoms with van der Waals surface area (Å²) in [5.74, 6) is 0.671. The van der Waals surface area contributed by atoms with Crippen LogP contribution < -0.4 is 5.32 Å². The quantitative estimate of drug-likeness (QED) is 0.760. The lowest BCUT2D eigenvalue weighted by Crippen LogP contribution is -2.21. The molecule has 0 bridgehead atoms. The first-order valence-electron chi connectivity index (χ1n) is 7.25. The Hall–Kier alpha value is -1.32. The molecule has 2 rings (SSSR count). The third-order valence-electron chi connectivity index (χ3n) is 3.36. The minimum atomic E-state index is -0.128. The van der Waals surface area contributed by atoms with Gasteiger partial charge in [-0.25, -0.2) is 4.39 Å². The molecule has 0 fully saturated rings. The van der Waals surface area contributed by atoms with Crippen molar-refractivity contribution in [2.75, 3.05) is 0 Å². The molecule has 2 aromatic carbocycles. The smallest absolute Gasteiger partial charge is 0.137 e. The average molecular weight is 303 g/mol. The molecule has 0 amide bonds. The van der Waals surface area contributed by atoms with E-state index in [0.717, 1.165) is 11.3 Å². The van der Waals surface area contributed by atoms with Crippen molar-refractivity contribution in [2.45, 2.75) is 44.0 Å². The topological polar surface area (TPSA) is 12.0 Å². The van der Waals surface area contributed by atoms with Gasteiger partial charge >= 0.3 is 0 Å². The van der Waals surface area contributed by atoms with Crippen LogP contribution in [0.3, 0.4) is 0 Å². The Morgan fingerprint density at radius 1 is 1.14 bits per heavy atom. The Balaban J connectivity index is 1.99. The second-order valence-corrected chi connectivity index (χ2v) is 6.53. The average Bonchev–Trinajstić information content (AvgIpc) is 2.45. The molecule has 0 atom stereocenters. The van der Waals surface area contributed by atoms with Crippen molar-refractivity contribution < 1.29 is 4.39 Å². The molecule has 0 heterocycles. The molecule has 0 aliphatic carbocycles. The van der Waals surface area contributed by atoms with Gasteiger partial charge < -0.3 is 5.32 Å². The summed E-state index contributed by atoms with van der Waals surface area (Å²) < 4.78 is 14.1. The summed E-state index contributed by atoms with van der Waals surface area (Å²) in [6, 6.07) is 14.2. The van der Waals surface area contributed by atoms with E-state index in [2.05, 4.69) is 38.2 Å². The van der Waals surface area contributed by atoms with Crippen molar-refractivity contribution >= 4 is 11.8 Å². The van der Waals surface area contributed by atoms with Gasteiger partial charge in [0.15, 0.2) is 0 Å². The predicted octanol–water partition coefficient (Wildman–Crippen LogP) is 4.92. The number of hydrogen-bond acceptors (Lipinski definition) is 2. The maximum atomic E-state index is 14.1. The molecule has 112 valence electrons. The zero-order chi connectivity index (χ0) is 15.2. The Morgan fingerprint density at radius 3 is 2.57 bits per heavy atom. The first-order chi connectivity index (χ1) is 10.1. The van der Waals surface area contributed by atoms with E-state index in [-0.39, 0.29) is 5.82 Å². The molecule has 0 unspecified atom stereocenters. The molecule has 0 aromatic heterocycles. The third-order valence-corrected chi connectivity index (χ3v) is 4.45. The van der Waals surface area contributed by atoms with Crippen LogP contribution in [0.15, 0.2) is 47.4 Å². The highest BCUT2D eigenvalue weighted by Gasteiger charge is 2.06. The first-order valence-corrected chi connectivity index (χ1v) is 8.24. The number of benzene rings is 2. The lowest BCUT2D eigenvalue weighted by Gasteiger charge is -2.10. The molecule has 0 aliphatic rings. The van der Waals surface area contributed by atoms with Crippen molar-refractivity contribution in [1.29, 1.82) is 0 Å². The number of thioether (sulfide) groups is 1. The fraction of sp³-hybridized carbons (Fsp3) is 0.333. The second-order valence-electron chi connectivity index (χ2n) is 5.52. The minimum Gasteiger partial charge on any atom is -0.310 e. The van der Waals surface area contributed by atoms with E-state index in [4.69, 9.17) is 0 Å². The first kappa shape index (κ1) is 16.1. The van der Waals surface area contributed by atoms with Gasteiger partial charge in [0.1, 0.15) is 5.82 Å². The summed E-state index contributed by atoms with van der Waals surface area (Å²) >= 11 is 1.55. The van der Waals surface area contributed by atoms with E-state index < -0.39 is 0 Å². The molecule has 21 heavy (non-hydrogen) atoms. The maximum absolute atomic E-state index is 14.1. The van der Waals surface area contributed by atoms with Crippen LogP contribution in [0.4, 0.5) is 4.39 Å². The lowest BCUT2D eigenvalue weighted by atomic mass is 10.1. The third kappa shape index (κ3) is 4.87. The van der Waals surface area contributed by atoms with E-state index in [1.54, 1.807) is 17.8 Å². The van der Waals surface area contributed by atoms with Crippen LogP contribution in [0, 0.1) is 12.7 Å². The number of nitrogens with one attached hydrogen (secondary N) is 1. The number of rotatable bonds is 6. The normalized spacial score (nSPS) is 11.1. The molecule has 1 N–H and O–H groups in total. The summed E-state index contributed by atoms with van der Waals surface area (Å²) in [4.78, 5) is 0.714. The molecule has 0 radical (unpaired) electrons. The minimum absolute atomic E-state index is 0.128. The largest absolute Gasteiger partial charge is 0.310 e. The summed E-state index contributed by atoms with van der Waals surface area (Å²) in [5.41, 5.74) is 3.50. The van der Waals surface area contributed by atoms with Gasteiger partial charge in [-0.15, -0.1) is 11.8 Å². The van der Waals surface area contributed by atoms with Crippen LogP contribution >= 0.6 is 11.8 Å². The number of hydrogen-bond donors (Lipinski definition) is 1. The Morgan fingerprint density at radius 2 is 1.90 bits per heavy atom. The molecular formula is C18H22FNS. The van der Waals surface area contributed by atoms with E-state index >= 15 is 0 Å². The SMILES string of the molecule is Cc1ccccc1CSc1ccc(CNC(C)C)cc1F. The summed E-state index contributed by atoms with van der Waals surface area (Å²) in [7, 11) is 0. The van der Waals surface area contributed by atoms with E-state index in [0.29, 0.717) is 17.5 Å². The standard InChI is InChI=1S/C18H22FNS/c1-13(2)20-11-15-8-9-18(17(19)10-15)21-12-16-7-5-4-6-14(16)3/h4-10,13,20H,11-12H2,1-3H3. The van der Waals surface area contributed by atoms with E-state index in [1.807, 2.05) is 24.3 Å². The highest BCUT2D eigenvalue weighted by molar-refractivity contribution is 7.98. The number of aryl methyl sites for hydroxylation is 1. The summed E-state index contributed by atoms with van der Waals surface area (Å²) in [5, 5.41) is 3.30. The maximum Gasteiger partial charge on any atom is 0.137 e. The monoisotopic (exact) mass is 303 g/mol. The van der Waals surface area contributed by atoms with Crippen LogP contribution in [-0.4, -0.2) is 6.04 Å². The number of halogens is 1. The van der Waals surface area contributed by atoms with Crippen molar-refractivity contribution in [2.24, 2.45) is 0 Å². The van der Waals surface area contributed by atoms with Gasteiger partial charge in [0, 0.05) is 23.2 Å². The van der Waals surface area contributed by atoms with Crippen molar-refractivity contribution in [3.8, 4) is 0 Å². The highest BCUT2D eigenvalue weighted by Crippen LogP contribution is 2.27. The molecule has 0 aliphatic heterocycles. The predicted molar refractivity (Wildman–Crippen MR) is 89.1 cm³/mol. The molecule has 0 saturated heterocycles. The van der Waals surface area contributed by atoms with Gasteiger partial charge in [-0.3, -0.25) is 0 Å². The molecule has 0 saturated carbocycles. The van der Waals surface area contributed by atoms with Crippen molar-refractivity contribution in [1.82, 2.24) is 5.32 Å². The Kier molecular flexibility index (Phi) is 5.83. The van der Waals surface area contributed by atoms with Crippen molar-refractivity contribution in [3.63, 3.8) is 0 Å². The van der Waals surface area contributed by atoms with Crippen LogP contribution in [-0.2, 0) is 12.3 Å². The van der Waals surface area contributed by atoms with Gasteiger partial charge in [0.25, 0.3) is 0 Å². The van der Waals surface area contributed by atoms with Gasteiger partial charge in [-0.2, -0.15) is 0 Å². The van der Waals surface area contributed by atoms with Gasteiger partial charge in [-0.1, -0.05) is 44.2 Å². The lowest BCUT2D eigenvalue weighted by molar-refractivity contribution is 0.574. The van der Waals surface area contributed by atoms with E-state index in [1.165, 1.54) is 11.1 Å². The summed E-state index contributed by atoms with van der Waals surface area (Å²) in [6.45, 7) is 6.97. The van der Waals surface area contributed by atoms with Gasteiger partial charge in [0.2, 0.25) is 0 Å². The van der Waals surface area contributed by atoms with Crippen LogP contribution in [0.1, 0.15) is 30.5 Å².